The van der Waals surface area contributed by atoms with Crippen LogP contribution in [-0.2, 0) is 16.4 Å². The van der Waals surface area contributed by atoms with E-state index in [0.29, 0.717) is 26.1 Å². The van der Waals surface area contributed by atoms with Crippen molar-refractivity contribution in [2.24, 2.45) is 5.41 Å². The van der Waals surface area contributed by atoms with Gasteiger partial charge in [0.2, 0.25) is 0 Å². The van der Waals surface area contributed by atoms with E-state index in [9.17, 15) is 8.42 Å². The number of hydrogen-bond donors (Lipinski definition) is 1. The molecule has 32 heavy (non-hydrogen) atoms. The molecule has 170 valence electrons. The molecule has 4 heterocycles. The van der Waals surface area contributed by atoms with Gasteiger partial charge in [-0.3, -0.25) is 0 Å². The van der Waals surface area contributed by atoms with Crippen molar-refractivity contribution in [1.82, 2.24) is 15.0 Å². The number of anilines is 3. The zero-order valence-electron chi connectivity index (χ0n) is 18.6. The highest BCUT2D eigenvalue weighted by Gasteiger charge is 2.35. The number of sulfone groups is 1. The zero-order chi connectivity index (χ0) is 22.8. The number of pyridine rings is 1. The number of aromatic nitrogens is 3. The van der Waals surface area contributed by atoms with Gasteiger partial charge in [-0.05, 0) is 30.9 Å². The molecular weight excluding hydrogens is 426 g/mol. The van der Waals surface area contributed by atoms with Gasteiger partial charge in [0.25, 0.3) is 0 Å². The standard InChI is InChI=1S/C22H29N7O2S/c1-17-20(25-16-26-21(17)29-9-7-22(2,15-29)6-8-23)24-14-18-4-3-5-19(27-18)28-10-12-32(30,31)13-11-28/h3-5,16H,6-7,9-15H2,1-2H3,(H,24,25,26). The van der Waals surface area contributed by atoms with Crippen LogP contribution in [0.25, 0.3) is 0 Å². The Balaban J connectivity index is 1.43. The summed E-state index contributed by atoms with van der Waals surface area (Å²) in [5, 5.41) is 12.5. The fraction of sp³-hybridized carbons (Fsp3) is 0.545. The van der Waals surface area contributed by atoms with Gasteiger partial charge in [0.1, 0.15) is 23.8 Å². The molecule has 1 atom stereocenters. The lowest BCUT2D eigenvalue weighted by Gasteiger charge is -2.28. The molecule has 2 aliphatic heterocycles. The third kappa shape index (κ3) is 4.93. The Morgan fingerprint density at radius 3 is 2.72 bits per heavy atom. The molecule has 10 heteroatoms. The van der Waals surface area contributed by atoms with Crippen LogP contribution in [0.4, 0.5) is 17.5 Å². The molecule has 1 unspecified atom stereocenters. The number of nitrogens with one attached hydrogen (secondary N) is 1. The molecule has 0 aliphatic carbocycles. The summed E-state index contributed by atoms with van der Waals surface area (Å²) < 4.78 is 23.4. The number of rotatable bonds is 6. The summed E-state index contributed by atoms with van der Waals surface area (Å²) in [5.74, 6) is 2.81. The Morgan fingerprint density at radius 2 is 1.97 bits per heavy atom. The van der Waals surface area contributed by atoms with Crippen molar-refractivity contribution in [3.63, 3.8) is 0 Å². The van der Waals surface area contributed by atoms with Crippen LogP contribution in [0, 0.1) is 23.7 Å². The van der Waals surface area contributed by atoms with Gasteiger partial charge in [0.15, 0.2) is 9.84 Å². The fourth-order valence-electron chi connectivity index (χ4n) is 4.33. The summed E-state index contributed by atoms with van der Waals surface area (Å²) in [6.07, 6.45) is 3.09. The van der Waals surface area contributed by atoms with Gasteiger partial charge in [-0.15, -0.1) is 0 Å². The van der Waals surface area contributed by atoms with E-state index in [2.05, 4.69) is 33.2 Å². The van der Waals surface area contributed by atoms with E-state index >= 15 is 0 Å². The molecule has 2 aliphatic rings. The van der Waals surface area contributed by atoms with Crippen molar-refractivity contribution in [3.8, 4) is 6.07 Å². The van der Waals surface area contributed by atoms with Gasteiger partial charge in [0.05, 0.1) is 29.8 Å². The Labute approximate surface area is 189 Å². The van der Waals surface area contributed by atoms with Crippen molar-refractivity contribution in [2.45, 2.75) is 33.2 Å². The maximum atomic E-state index is 11.7. The Hall–Kier alpha value is -2.93. The van der Waals surface area contributed by atoms with E-state index in [1.54, 1.807) is 6.33 Å². The molecule has 1 N–H and O–H groups in total. The molecule has 0 radical (unpaired) electrons. The normalized spacial score (nSPS) is 22.5. The van der Waals surface area contributed by atoms with E-state index in [1.807, 2.05) is 30.0 Å². The summed E-state index contributed by atoms with van der Waals surface area (Å²) >= 11 is 0. The van der Waals surface area contributed by atoms with Gasteiger partial charge >= 0.3 is 0 Å². The lowest BCUT2D eigenvalue weighted by atomic mass is 9.87. The van der Waals surface area contributed by atoms with Crippen LogP contribution >= 0.6 is 0 Å². The minimum Gasteiger partial charge on any atom is -0.364 e. The minimum atomic E-state index is -2.92. The monoisotopic (exact) mass is 455 g/mol. The summed E-state index contributed by atoms with van der Waals surface area (Å²) in [6, 6.07) is 8.12. The van der Waals surface area contributed by atoms with E-state index in [1.165, 1.54) is 0 Å². The van der Waals surface area contributed by atoms with E-state index in [-0.39, 0.29) is 16.9 Å². The highest BCUT2D eigenvalue weighted by Crippen LogP contribution is 2.36. The first-order valence-electron chi connectivity index (χ1n) is 10.9. The van der Waals surface area contributed by atoms with Gasteiger partial charge in [-0.1, -0.05) is 13.0 Å². The molecule has 2 saturated heterocycles. The zero-order valence-corrected chi connectivity index (χ0v) is 19.4. The van der Waals surface area contributed by atoms with Gasteiger partial charge < -0.3 is 15.1 Å². The van der Waals surface area contributed by atoms with Crippen LogP contribution in [0.15, 0.2) is 24.5 Å². The second-order valence-electron chi connectivity index (χ2n) is 8.97. The third-order valence-electron chi connectivity index (χ3n) is 6.32. The fourth-order valence-corrected chi connectivity index (χ4v) is 5.54. The maximum Gasteiger partial charge on any atom is 0.153 e. The van der Waals surface area contributed by atoms with Gasteiger partial charge in [-0.2, -0.15) is 5.26 Å². The topological polar surface area (TPSA) is 115 Å². The van der Waals surface area contributed by atoms with Crippen molar-refractivity contribution >= 4 is 27.3 Å². The molecule has 2 aromatic heterocycles. The van der Waals surface area contributed by atoms with E-state index in [4.69, 9.17) is 10.2 Å². The molecule has 9 nitrogen and oxygen atoms in total. The number of nitrogens with zero attached hydrogens (tertiary/aromatic N) is 6. The summed E-state index contributed by atoms with van der Waals surface area (Å²) in [7, 11) is -2.92. The minimum absolute atomic E-state index is 0.00211. The summed E-state index contributed by atoms with van der Waals surface area (Å²) in [6.45, 7) is 7.31. The molecule has 0 spiro atoms. The predicted molar refractivity (Wildman–Crippen MR) is 124 cm³/mol. The summed E-state index contributed by atoms with van der Waals surface area (Å²) in [4.78, 5) is 17.9. The third-order valence-corrected chi connectivity index (χ3v) is 7.93. The second-order valence-corrected chi connectivity index (χ2v) is 11.3. The predicted octanol–water partition coefficient (Wildman–Crippen LogP) is 2.16. The number of nitriles is 1. The van der Waals surface area contributed by atoms with E-state index in [0.717, 1.165) is 48.2 Å². The average molecular weight is 456 g/mol. The molecule has 2 fully saturated rings. The molecule has 0 saturated carbocycles. The first-order chi connectivity index (χ1) is 15.3. The van der Waals surface area contributed by atoms with E-state index < -0.39 is 9.84 Å². The second kappa shape index (κ2) is 8.90. The Kier molecular flexibility index (Phi) is 6.20. The molecule has 0 amide bonds. The lowest BCUT2D eigenvalue weighted by molar-refractivity contribution is 0.380. The molecule has 0 aromatic carbocycles. The molecule has 0 bridgehead atoms. The largest absolute Gasteiger partial charge is 0.364 e. The Morgan fingerprint density at radius 1 is 1.19 bits per heavy atom. The molecule has 4 rings (SSSR count). The van der Waals surface area contributed by atoms with Crippen LogP contribution in [0.5, 0.6) is 0 Å². The van der Waals surface area contributed by atoms with Crippen molar-refractivity contribution in [2.75, 3.05) is 52.8 Å². The van der Waals surface area contributed by atoms with Crippen molar-refractivity contribution in [1.29, 1.82) is 5.26 Å². The highest BCUT2D eigenvalue weighted by molar-refractivity contribution is 7.91. The quantitative estimate of drug-likeness (QED) is 0.699. The lowest BCUT2D eigenvalue weighted by Crippen LogP contribution is -2.40. The van der Waals surface area contributed by atoms with Crippen LogP contribution in [0.3, 0.4) is 0 Å². The van der Waals surface area contributed by atoms with Gasteiger partial charge in [-0.25, -0.2) is 23.4 Å². The first-order valence-corrected chi connectivity index (χ1v) is 12.7. The SMILES string of the molecule is Cc1c(NCc2cccc(N3CCS(=O)(=O)CC3)n2)ncnc1N1CCC(C)(CC#N)C1. The Bertz CT molecular complexity index is 1120. The average Bonchev–Trinajstić information content (AvgIpc) is 3.15. The molecule has 2 aromatic rings. The van der Waals surface area contributed by atoms with Crippen molar-refractivity contribution in [3.05, 3.63) is 35.8 Å². The van der Waals surface area contributed by atoms with Crippen LogP contribution in [-0.4, -0.2) is 61.1 Å². The number of hydrogen-bond acceptors (Lipinski definition) is 9. The summed E-state index contributed by atoms with van der Waals surface area (Å²) in [5.41, 5.74) is 1.84. The van der Waals surface area contributed by atoms with Gasteiger partial charge in [0, 0.05) is 38.2 Å². The van der Waals surface area contributed by atoms with Crippen LogP contribution in [0.1, 0.15) is 31.0 Å². The highest BCUT2D eigenvalue weighted by atomic mass is 32.2. The van der Waals surface area contributed by atoms with Crippen LogP contribution in [0.2, 0.25) is 0 Å². The maximum absolute atomic E-state index is 11.7. The molecular formula is C22H29N7O2S. The van der Waals surface area contributed by atoms with Crippen molar-refractivity contribution < 1.29 is 8.42 Å². The first kappa shape index (κ1) is 22.3. The smallest absolute Gasteiger partial charge is 0.153 e. The van der Waals surface area contributed by atoms with Crippen LogP contribution < -0.4 is 15.1 Å².